The van der Waals surface area contributed by atoms with Gasteiger partial charge in [0.15, 0.2) is 0 Å². The first-order chi connectivity index (χ1) is 12.2. The molecule has 0 aliphatic rings. The highest BCUT2D eigenvalue weighted by atomic mass is 16.5. The number of unbranched alkanes of at least 4 members (excludes halogenated alkanes) is 1. The summed E-state index contributed by atoms with van der Waals surface area (Å²) >= 11 is 0. The van der Waals surface area contributed by atoms with E-state index < -0.39 is 0 Å². The van der Waals surface area contributed by atoms with Gasteiger partial charge >= 0.3 is 0 Å². The molecule has 0 spiro atoms. The molecule has 0 radical (unpaired) electrons. The lowest BCUT2D eigenvalue weighted by atomic mass is 10.2. The predicted molar refractivity (Wildman–Crippen MR) is 98.8 cm³/mol. The average Bonchev–Trinajstić information content (AvgIpc) is 3.02. The van der Waals surface area contributed by atoms with Gasteiger partial charge in [0.25, 0.3) is 5.91 Å². The van der Waals surface area contributed by atoms with E-state index in [1.54, 1.807) is 19.2 Å². The van der Waals surface area contributed by atoms with Crippen LogP contribution in [0.3, 0.4) is 0 Å². The summed E-state index contributed by atoms with van der Waals surface area (Å²) in [5.41, 5.74) is 2.65. The summed E-state index contributed by atoms with van der Waals surface area (Å²) in [7, 11) is 1.59. The number of para-hydroxylation sites is 2. The minimum atomic E-state index is -0.131. The van der Waals surface area contributed by atoms with Crippen molar-refractivity contribution in [3.63, 3.8) is 0 Å². The second kappa shape index (κ2) is 7.83. The van der Waals surface area contributed by atoms with Crippen LogP contribution in [0, 0.1) is 0 Å². The van der Waals surface area contributed by atoms with Gasteiger partial charge in [-0.2, -0.15) is 0 Å². The van der Waals surface area contributed by atoms with E-state index in [9.17, 15) is 4.79 Å². The highest BCUT2D eigenvalue weighted by Crippen LogP contribution is 2.17. The Morgan fingerprint density at radius 1 is 1.20 bits per heavy atom. The number of hydrogen-bond acceptors (Lipinski definition) is 3. The highest BCUT2D eigenvalue weighted by Gasteiger charge is 2.12. The third kappa shape index (κ3) is 3.82. The van der Waals surface area contributed by atoms with Gasteiger partial charge in [-0.1, -0.05) is 31.5 Å². The summed E-state index contributed by atoms with van der Waals surface area (Å²) in [6.45, 7) is 3.47. The Labute approximate surface area is 147 Å². The Kier molecular flexibility index (Phi) is 5.33. The zero-order valence-corrected chi connectivity index (χ0v) is 14.7. The molecule has 3 aromatic rings. The van der Waals surface area contributed by atoms with Crippen LogP contribution in [0.25, 0.3) is 11.0 Å². The summed E-state index contributed by atoms with van der Waals surface area (Å²) in [4.78, 5) is 17.1. The first kappa shape index (κ1) is 17.0. The van der Waals surface area contributed by atoms with Crippen molar-refractivity contribution in [2.75, 3.05) is 7.11 Å². The molecule has 0 saturated carbocycles. The van der Waals surface area contributed by atoms with Crippen molar-refractivity contribution in [2.45, 2.75) is 32.9 Å². The molecule has 0 aliphatic carbocycles. The Morgan fingerprint density at radius 2 is 2.04 bits per heavy atom. The molecule has 0 saturated heterocycles. The van der Waals surface area contributed by atoms with Crippen LogP contribution in [-0.2, 0) is 13.1 Å². The lowest BCUT2D eigenvalue weighted by Crippen LogP contribution is -2.24. The van der Waals surface area contributed by atoms with Crippen LogP contribution in [0.1, 0.15) is 35.9 Å². The lowest BCUT2D eigenvalue weighted by Gasteiger charge is -2.10. The highest BCUT2D eigenvalue weighted by molar-refractivity contribution is 5.94. The second-order valence-electron chi connectivity index (χ2n) is 5.94. The third-order valence-corrected chi connectivity index (χ3v) is 4.21. The first-order valence-electron chi connectivity index (χ1n) is 8.59. The van der Waals surface area contributed by atoms with Crippen molar-refractivity contribution in [1.29, 1.82) is 0 Å². The molecule has 0 atom stereocenters. The molecule has 130 valence electrons. The number of carbonyl (C=O) groups excluding carboxylic acids is 1. The smallest absolute Gasteiger partial charge is 0.251 e. The fourth-order valence-corrected chi connectivity index (χ4v) is 2.85. The van der Waals surface area contributed by atoms with Crippen LogP contribution in [0.4, 0.5) is 0 Å². The molecule has 1 amide bonds. The number of fused-ring (bicyclic) bond motifs is 1. The van der Waals surface area contributed by atoms with Gasteiger partial charge < -0.3 is 14.6 Å². The maximum absolute atomic E-state index is 12.4. The molecule has 1 N–H and O–H groups in total. The topological polar surface area (TPSA) is 56.2 Å². The maximum atomic E-state index is 12.4. The van der Waals surface area contributed by atoms with E-state index in [1.807, 2.05) is 30.3 Å². The van der Waals surface area contributed by atoms with Gasteiger partial charge in [0.2, 0.25) is 0 Å². The van der Waals surface area contributed by atoms with Gasteiger partial charge in [0, 0.05) is 12.1 Å². The molecular weight excluding hydrogens is 314 g/mol. The van der Waals surface area contributed by atoms with Crippen LogP contribution in [0.5, 0.6) is 5.75 Å². The van der Waals surface area contributed by atoms with Gasteiger partial charge in [0.05, 0.1) is 24.7 Å². The molecule has 25 heavy (non-hydrogen) atoms. The first-order valence-corrected chi connectivity index (χ1v) is 8.59. The normalized spacial score (nSPS) is 10.8. The van der Waals surface area contributed by atoms with Crippen molar-refractivity contribution in [1.82, 2.24) is 14.9 Å². The number of amides is 1. The zero-order chi connectivity index (χ0) is 17.6. The summed E-state index contributed by atoms with van der Waals surface area (Å²) < 4.78 is 7.37. The minimum Gasteiger partial charge on any atom is -0.497 e. The van der Waals surface area contributed by atoms with E-state index in [0.717, 1.165) is 36.2 Å². The average molecular weight is 337 g/mol. The number of methoxy groups -OCH3 is 1. The Bertz CT molecular complexity index is 870. The van der Waals surface area contributed by atoms with Crippen LogP contribution in [0.15, 0.2) is 48.5 Å². The van der Waals surface area contributed by atoms with E-state index in [-0.39, 0.29) is 5.91 Å². The van der Waals surface area contributed by atoms with E-state index in [2.05, 4.69) is 27.9 Å². The molecule has 1 heterocycles. The van der Waals surface area contributed by atoms with Crippen molar-refractivity contribution in [3.8, 4) is 5.75 Å². The number of benzene rings is 2. The lowest BCUT2D eigenvalue weighted by molar-refractivity contribution is 0.0949. The largest absolute Gasteiger partial charge is 0.497 e. The molecule has 0 fully saturated rings. The quantitative estimate of drug-likeness (QED) is 0.714. The SMILES string of the molecule is CCCCn1c(CNC(=O)c2cccc(OC)c2)nc2ccccc21. The maximum Gasteiger partial charge on any atom is 0.251 e. The number of carbonyl (C=O) groups is 1. The summed E-state index contributed by atoms with van der Waals surface area (Å²) in [6, 6.07) is 15.2. The molecule has 0 bridgehead atoms. The number of ether oxygens (including phenoxy) is 1. The number of nitrogens with one attached hydrogen (secondary N) is 1. The van der Waals surface area contributed by atoms with Gasteiger partial charge in [0.1, 0.15) is 11.6 Å². The Hall–Kier alpha value is -2.82. The van der Waals surface area contributed by atoms with Crippen LogP contribution in [-0.4, -0.2) is 22.6 Å². The number of imidazole rings is 1. The third-order valence-electron chi connectivity index (χ3n) is 4.21. The molecular formula is C20H23N3O2. The molecule has 5 nitrogen and oxygen atoms in total. The summed E-state index contributed by atoms with van der Waals surface area (Å²) in [5, 5.41) is 2.97. The van der Waals surface area contributed by atoms with E-state index in [0.29, 0.717) is 17.9 Å². The van der Waals surface area contributed by atoms with E-state index >= 15 is 0 Å². The number of aromatic nitrogens is 2. The van der Waals surface area contributed by atoms with Crippen LogP contribution < -0.4 is 10.1 Å². The number of nitrogens with zero attached hydrogens (tertiary/aromatic N) is 2. The zero-order valence-electron chi connectivity index (χ0n) is 14.7. The molecule has 0 unspecified atom stereocenters. The second-order valence-corrected chi connectivity index (χ2v) is 5.94. The van der Waals surface area contributed by atoms with Gasteiger partial charge in [-0.3, -0.25) is 4.79 Å². The van der Waals surface area contributed by atoms with Gasteiger partial charge in [-0.25, -0.2) is 4.98 Å². The number of aryl methyl sites for hydroxylation is 1. The summed E-state index contributed by atoms with van der Waals surface area (Å²) in [6.07, 6.45) is 2.19. The summed E-state index contributed by atoms with van der Waals surface area (Å²) in [5.74, 6) is 1.42. The van der Waals surface area contributed by atoms with Gasteiger partial charge in [-0.15, -0.1) is 0 Å². The number of rotatable bonds is 7. The molecule has 5 heteroatoms. The standard InChI is InChI=1S/C20H23N3O2/c1-3-4-12-23-18-11-6-5-10-17(18)22-19(23)14-21-20(24)15-8-7-9-16(13-15)25-2/h5-11,13H,3-4,12,14H2,1-2H3,(H,21,24). The van der Waals surface area contributed by atoms with E-state index in [4.69, 9.17) is 4.74 Å². The monoisotopic (exact) mass is 337 g/mol. The molecule has 3 rings (SSSR count). The van der Waals surface area contributed by atoms with Gasteiger partial charge in [-0.05, 0) is 36.8 Å². The van der Waals surface area contributed by atoms with Crippen LogP contribution >= 0.6 is 0 Å². The Balaban J connectivity index is 1.79. The van der Waals surface area contributed by atoms with E-state index in [1.165, 1.54) is 0 Å². The fraction of sp³-hybridized carbons (Fsp3) is 0.300. The molecule has 0 aliphatic heterocycles. The van der Waals surface area contributed by atoms with Crippen molar-refractivity contribution >= 4 is 16.9 Å². The predicted octanol–water partition coefficient (Wildman–Crippen LogP) is 3.78. The molecule has 2 aromatic carbocycles. The molecule has 1 aromatic heterocycles. The number of hydrogen-bond donors (Lipinski definition) is 1. The fourth-order valence-electron chi connectivity index (χ4n) is 2.85. The Morgan fingerprint density at radius 3 is 2.84 bits per heavy atom. The van der Waals surface area contributed by atoms with Crippen LogP contribution in [0.2, 0.25) is 0 Å². The minimum absolute atomic E-state index is 0.131. The van der Waals surface area contributed by atoms with Crippen molar-refractivity contribution < 1.29 is 9.53 Å². The van der Waals surface area contributed by atoms with Crippen molar-refractivity contribution in [3.05, 3.63) is 59.9 Å². The van der Waals surface area contributed by atoms with Crippen molar-refractivity contribution in [2.24, 2.45) is 0 Å².